The molecule has 9 heteroatoms. The van der Waals surface area contributed by atoms with Crippen molar-refractivity contribution in [3.8, 4) is 28.6 Å². The molecule has 1 amide bonds. The van der Waals surface area contributed by atoms with E-state index in [1.807, 2.05) is 98.8 Å². The van der Waals surface area contributed by atoms with Gasteiger partial charge in [0.1, 0.15) is 18.4 Å². The molecule has 1 atom stereocenters. The molecule has 4 aromatic carbocycles. The van der Waals surface area contributed by atoms with Crippen molar-refractivity contribution in [2.24, 2.45) is 0 Å². The van der Waals surface area contributed by atoms with Gasteiger partial charge in [0.05, 0.1) is 25.5 Å². The van der Waals surface area contributed by atoms with E-state index < -0.39 is 6.04 Å². The molecule has 9 nitrogen and oxygen atoms in total. The van der Waals surface area contributed by atoms with Gasteiger partial charge in [0.2, 0.25) is 5.95 Å². The number of ether oxygens (including phenoxy) is 3. The van der Waals surface area contributed by atoms with Crippen LogP contribution in [0, 0.1) is 6.92 Å². The molecule has 0 saturated heterocycles. The highest BCUT2D eigenvalue weighted by molar-refractivity contribution is 6.06. The van der Waals surface area contributed by atoms with Crippen LogP contribution >= 0.6 is 0 Å². The minimum Gasteiger partial charge on any atom is -0.495 e. The van der Waals surface area contributed by atoms with E-state index in [4.69, 9.17) is 24.3 Å². The molecule has 0 aliphatic carbocycles. The SMILES string of the molecule is COc1ccccc1NC(=O)C1=C(C)Nc2nc(-c3ccc(C)cc3)nn2C1c1ccc(OCc2ccccc2)c(OC)c1. The van der Waals surface area contributed by atoms with Gasteiger partial charge in [-0.2, -0.15) is 4.98 Å². The van der Waals surface area contributed by atoms with Crippen LogP contribution in [0.5, 0.6) is 17.2 Å². The third-order valence-electron chi connectivity index (χ3n) is 7.50. The zero-order chi connectivity index (χ0) is 30.6. The lowest BCUT2D eigenvalue weighted by atomic mass is 9.94. The lowest BCUT2D eigenvalue weighted by Crippen LogP contribution is -2.31. The third kappa shape index (κ3) is 5.72. The molecule has 1 aliphatic rings. The minimum atomic E-state index is -0.621. The number of para-hydroxylation sites is 2. The molecule has 1 aromatic heterocycles. The summed E-state index contributed by atoms with van der Waals surface area (Å²) in [5, 5.41) is 11.2. The van der Waals surface area contributed by atoms with E-state index in [9.17, 15) is 4.79 Å². The first-order valence-electron chi connectivity index (χ1n) is 14.3. The summed E-state index contributed by atoms with van der Waals surface area (Å²) in [7, 11) is 3.17. The number of hydrogen-bond acceptors (Lipinski definition) is 7. The van der Waals surface area contributed by atoms with Crippen molar-refractivity contribution in [2.75, 3.05) is 24.9 Å². The number of carbonyl (C=O) groups excluding carboxylic acids is 1. The molecular formula is C35H33N5O4. The van der Waals surface area contributed by atoms with Gasteiger partial charge < -0.3 is 24.8 Å². The van der Waals surface area contributed by atoms with E-state index in [0.717, 1.165) is 22.3 Å². The molecule has 44 heavy (non-hydrogen) atoms. The fourth-order valence-corrected chi connectivity index (χ4v) is 5.22. The molecule has 0 saturated carbocycles. The quantitative estimate of drug-likeness (QED) is 0.196. The normalized spacial score (nSPS) is 14.0. The van der Waals surface area contributed by atoms with Crippen LogP contribution in [0.3, 0.4) is 0 Å². The maximum absolute atomic E-state index is 14.1. The smallest absolute Gasteiger partial charge is 0.255 e. The highest BCUT2D eigenvalue weighted by Crippen LogP contribution is 2.40. The topological polar surface area (TPSA) is 99.5 Å². The number of amides is 1. The highest BCUT2D eigenvalue weighted by atomic mass is 16.5. The summed E-state index contributed by atoms with van der Waals surface area (Å²) in [6, 6.07) is 30.3. The van der Waals surface area contributed by atoms with Gasteiger partial charge in [-0.15, -0.1) is 5.10 Å². The van der Waals surface area contributed by atoms with Gasteiger partial charge in [-0.1, -0.05) is 78.4 Å². The summed E-state index contributed by atoms with van der Waals surface area (Å²) in [6.45, 7) is 4.29. The summed E-state index contributed by atoms with van der Waals surface area (Å²) in [4.78, 5) is 18.9. The van der Waals surface area contributed by atoms with Crippen LogP contribution in [0.1, 0.15) is 29.7 Å². The summed E-state index contributed by atoms with van der Waals surface area (Å²) in [5.41, 5.74) is 5.53. The Kier molecular flexibility index (Phi) is 8.01. The second-order valence-electron chi connectivity index (χ2n) is 10.5. The number of aryl methyl sites for hydroxylation is 1. The fraction of sp³-hybridized carbons (Fsp3) is 0.171. The molecular weight excluding hydrogens is 554 g/mol. The largest absolute Gasteiger partial charge is 0.495 e. The number of methoxy groups -OCH3 is 2. The standard InChI is InChI=1S/C35H33N5O4/c1-22-14-16-25(17-15-22)33-38-35-36-23(2)31(34(41)37-27-12-8-9-13-28(27)42-3)32(40(35)39-33)26-18-19-29(30(20-26)43-4)44-21-24-10-6-5-7-11-24/h5-20,32H,21H2,1-4H3,(H,37,41)(H,36,38,39). The van der Waals surface area contributed by atoms with Crippen LogP contribution in [0.4, 0.5) is 11.6 Å². The van der Waals surface area contributed by atoms with E-state index in [-0.39, 0.29) is 5.91 Å². The van der Waals surface area contributed by atoms with Gasteiger partial charge in [-0.3, -0.25) is 4.79 Å². The van der Waals surface area contributed by atoms with Crippen LogP contribution in [-0.2, 0) is 11.4 Å². The maximum Gasteiger partial charge on any atom is 0.255 e. The van der Waals surface area contributed by atoms with E-state index in [1.54, 1.807) is 31.0 Å². The number of allylic oxidation sites excluding steroid dienone is 1. The van der Waals surface area contributed by atoms with Gasteiger partial charge in [-0.25, -0.2) is 4.68 Å². The van der Waals surface area contributed by atoms with Gasteiger partial charge in [-0.05, 0) is 49.2 Å². The number of benzene rings is 4. The minimum absolute atomic E-state index is 0.300. The second-order valence-corrected chi connectivity index (χ2v) is 10.5. The number of nitrogens with zero attached hydrogens (tertiary/aromatic N) is 3. The van der Waals surface area contributed by atoms with Crippen LogP contribution in [0.15, 0.2) is 108 Å². The summed E-state index contributed by atoms with van der Waals surface area (Å²) in [5.74, 6) is 2.47. The Morgan fingerprint density at radius 1 is 0.864 bits per heavy atom. The van der Waals surface area contributed by atoms with Gasteiger partial charge >= 0.3 is 0 Å². The zero-order valence-electron chi connectivity index (χ0n) is 25.0. The average molecular weight is 588 g/mol. The van der Waals surface area contributed by atoms with E-state index in [2.05, 4.69) is 10.6 Å². The Bertz CT molecular complexity index is 1830. The number of anilines is 2. The fourth-order valence-electron chi connectivity index (χ4n) is 5.22. The first-order chi connectivity index (χ1) is 21.4. The monoisotopic (exact) mass is 587 g/mol. The second kappa shape index (κ2) is 12.3. The molecule has 1 aliphatic heterocycles. The maximum atomic E-state index is 14.1. The van der Waals surface area contributed by atoms with Crippen LogP contribution in [-0.4, -0.2) is 34.9 Å². The van der Waals surface area contributed by atoms with Crippen LogP contribution in [0.2, 0.25) is 0 Å². The number of carbonyl (C=O) groups is 1. The van der Waals surface area contributed by atoms with Gasteiger partial charge in [0.25, 0.3) is 5.91 Å². The number of rotatable bonds is 9. The summed E-state index contributed by atoms with van der Waals surface area (Å²) in [6.07, 6.45) is 0. The van der Waals surface area contributed by atoms with Crippen molar-refractivity contribution < 1.29 is 19.0 Å². The van der Waals surface area contributed by atoms with E-state index in [1.165, 1.54) is 0 Å². The number of hydrogen-bond donors (Lipinski definition) is 2. The van der Waals surface area contributed by atoms with Crippen molar-refractivity contribution in [1.82, 2.24) is 14.8 Å². The van der Waals surface area contributed by atoms with E-state index in [0.29, 0.717) is 52.6 Å². The highest BCUT2D eigenvalue weighted by Gasteiger charge is 2.35. The van der Waals surface area contributed by atoms with Crippen molar-refractivity contribution in [3.63, 3.8) is 0 Å². The molecule has 0 radical (unpaired) electrons. The Balaban J connectivity index is 1.41. The molecule has 2 N–H and O–H groups in total. The average Bonchev–Trinajstić information content (AvgIpc) is 3.47. The molecule has 222 valence electrons. The van der Waals surface area contributed by atoms with Crippen LogP contribution in [0.25, 0.3) is 11.4 Å². The van der Waals surface area contributed by atoms with Crippen molar-refractivity contribution in [1.29, 1.82) is 0 Å². The van der Waals surface area contributed by atoms with Gasteiger partial charge in [0, 0.05) is 11.3 Å². The molecule has 6 rings (SSSR count). The predicted molar refractivity (Wildman–Crippen MR) is 170 cm³/mol. The Labute approximate surface area is 256 Å². The molecule has 0 spiro atoms. The Morgan fingerprint density at radius 2 is 1.59 bits per heavy atom. The number of fused-ring (bicyclic) bond motifs is 1. The van der Waals surface area contributed by atoms with Crippen molar-refractivity contribution in [3.05, 3.63) is 125 Å². The predicted octanol–water partition coefficient (Wildman–Crippen LogP) is 6.78. The molecule has 2 heterocycles. The number of nitrogens with one attached hydrogen (secondary N) is 2. The van der Waals surface area contributed by atoms with Crippen LogP contribution < -0.4 is 24.8 Å². The molecule has 5 aromatic rings. The van der Waals surface area contributed by atoms with Crippen molar-refractivity contribution >= 4 is 17.5 Å². The summed E-state index contributed by atoms with van der Waals surface area (Å²) >= 11 is 0. The zero-order valence-corrected chi connectivity index (χ0v) is 25.0. The first kappa shape index (κ1) is 28.5. The Hall–Kier alpha value is -5.57. The molecule has 1 unspecified atom stereocenters. The number of aromatic nitrogens is 3. The Morgan fingerprint density at radius 3 is 2.34 bits per heavy atom. The molecule has 0 bridgehead atoms. The lowest BCUT2D eigenvalue weighted by molar-refractivity contribution is -0.113. The van der Waals surface area contributed by atoms with Gasteiger partial charge in [0.15, 0.2) is 17.3 Å². The van der Waals surface area contributed by atoms with E-state index >= 15 is 0 Å². The third-order valence-corrected chi connectivity index (χ3v) is 7.50. The first-order valence-corrected chi connectivity index (χ1v) is 14.3. The van der Waals surface area contributed by atoms with Crippen molar-refractivity contribution in [2.45, 2.75) is 26.5 Å². The lowest BCUT2D eigenvalue weighted by Gasteiger charge is -2.29. The summed E-state index contributed by atoms with van der Waals surface area (Å²) < 4.78 is 19.1. The molecule has 0 fully saturated rings.